The highest BCUT2D eigenvalue weighted by Gasteiger charge is 2.40. The average Bonchev–Trinajstić information content (AvgIpc) is 3.42. The topological polar surface area (TPSA) is 364 Å². The minimum Gasteiger partial charge on any atom is -0.331 e. The predicted octanol–water partition coefficient (Wildman–Crippen LogP) is 9.29. The van der Waals surface area contributed by atoms with Gasteiger partial charge in [-0.05, 0) is 225 Å². The van der Waals surface area contributed by atoms with Gasteiger partial charge >= 0.3 is 0 Å². The van der Waals surface area contributed by atoms with E-state index < -0.39 is 0 Å². The Morgan fingerprint density at radius 3 is 1.06 bits per heavy atom. The number of rotatable bonds is 8. The van der Waals surface area contributed by atoms with Gasteiger partial charge in [0.05, 0.1) is 0 Å². The zero-order valence-electron chi connectivity index (χ0n) is 54.7. The van der Waals surface area contributed by atoms with Crippen molar-refractivity contribution in [3.8, 4) is 0 Å². The molecule has 8 fully saturated rings. The van der Waals surface area contributed by atoms with Crippen molar-refractivity contribution in [2.24, 2.45) is 144 Å². The molecule has 14 nitrogen and oxygen atoms in total. The highest BCUT2D eigenvalue weighted by atomic mass is 14.8. The van der Waals surface area contributed by atoms with E-state index in [2.05, 4.69) is 62.3 Å². The molecule has 0 amide bonds. The smallest absolute Gasteiger partial charge is 0.00956 e. The van der Waals surface area contributed by atoms with E-state index in [-0.39, 0.29) is 5.41 Å². The first kappa shape index (κ1) is 77.5. The summed E-state index contributed by atoms with van der Waals surface area (Å²) in [6.45, 7) is 24.9. The first-order valence-corrected chi connectivity index (χ1v) is 34.2. The minimum absolute atomic E-state index is 0.279. The van der Waals surface area contributed by atoms with Gasteiger partial charge in [0.15, 0.2) is 0 Å². The zero-order chi connectivity index (χ0) is 60.6. The van der Waals surface area contributed by atoms with Crippen molar-refractivity contribution in [2.45, 2.75) is 335 Å². The molecule has 13 unspecified atom stereocenters. The van der Waals surface area contributed by atoms with E-state index in [1.54, 1.807) is 0 Å². The molecule has 14 heteroatoms. The van der Waals surface area contributed by atoms with Crippen molar-refractivity contribution >= 4 is 0 Å². The van der Waals surface area contributed by atoms with Crippen molar-refractivity contribution in [3.63, 3.8) is 0 Å². The van der Waals surface area contributed by atoms with Crippen LogP contribution in [0.3, 0.4) is 0 Å². The lowest BCUT2D eigenvalue weighted by Gasteiger charge is -2.45. The monoisotopic (exact) mass is 1140 g/mol. The highest BCUT2D eigenvalue weighted by molar-refractivity contribution is 4.95. The van der Waals surface area contributed by atoms with Gasteiger partial charge in [0.25, 0.3) is 0 Å². The lowest BCUT2D eigenvalue weighted by atomic mass is 9.63. The van der Waals surface area contributed by atoms with Gasteiger partial charge in [0.2, 0.25) is 0 Å². The maximum absolute atomic E-state index is 6.53. The van der Waals surface area contributed by atoms with Crippen LogP contribution >= 0.6 is 0 Å². The van der Waals surface area contributed by atoms with E-state index in [0.29, 0.717) is 83.7 Å². The van der Waals surface area contributed by atoms with Crippen molar-refractivity contribution in [3.05, 3.63) is 0 Å². The summed E-state index contributed by atoms with van der Waals surface area (Å²) >= 11 is 0. The Labute approximate surface area is 496 Å². The number of hydrogen-bond acceptors (Lipinski definition) is 14. The first-order chi connectivity index (χ1) is 37.7. The van der Waals surface area contributed by atoms with Gasteiger partial charge in [0, 0.05) is 66.5 Å². The van der Waals surface area contributed by atoms with Gasteiger partial charge in [-0.3, -0.25) is 0 Å². The molecule has 0 aromatic carbocycles. The molecule has 0 aliphatic heterocycles. The highest BCUT2D eigenvalue weighted by Crippen LogP contribution is 2.46. The average molecular weight is 1140 g/mol. The molecule has 8 aliphatic rings. The molecular formula is C66H146N14. The Hall–Kier alpha value is -0.560. The van der Waals surface area contributed by atoms with E-state index >= 15 is 0 Å². The second kappa shape index (κ2) is 42.3. The third-order valence-corrected chi connectivity index (χ3v) is 20.8. The third kappa shape index (κ3) is 31.7. The summed E-state index contributed by atoms with van der Waals surface area (Å²) in [7, 11) is 0. The quantitative estimate of drug-likeness (QED) is 0.108. The first-order valence-electron chi connectivity index (χ1n) is 34.2. The van der Waals surface area contributed by atoms with Crippen LogP contribution in [0, 0.1) is 64.1 Å². The Morgan fingerprint density at radius 2 is 0.762 bits per heavy atom. The van der Waals surface area contributed by atoms with Crippen LogP contribution in [0.5, 0.6) is 0 Å². The predicted molar refractivity (Wildman–Crippen MR) is 351 cm³/mol. The van der Waals surface area contributed by atoms with Crippen LogP contribution in [0.25, 0.3) is 0 Å². The normalized spacial score (nSPS) is 39.8. The van der Waals surface area contributed by atoms with Crippen molar-refractivity contribution in [1.82, 2.24) is 0 Å². The SMILES string of the molecule is CC1(C)CC(N)CC(C)(CN)C1.CC1C(N)CCCC1N.CC1CCC(N)CC1N.CCC1CC(CC2CC(CC)C(N)C(CC)C2)CC(CC)C1N.CCN.NC1CCC(N)CC1.NC1CCCC(N)C1.NCC1CCCCC1. The Morgan fingerprint density at radius 1 is 0.375 bits per heavy atom. The molecule has 0 radical (unpaired) electrons. The van der Waals surface area contributed by atoms with Crippen LogP contribution in [0.4, 0.5) is 0 Å². The fraction of sp³-hybridized carbons (Fsp3) is 1.00. The van der Waals surface area contributed by atoms with Crippen LogP contribution in [-0.2, 0) is 0 Å². The Kier molecular flexibility index (Phi) is 41.0. The molecule has 8 rings (SSSR count). The molecule has 28 N–H and O–H groups in total. The van der Waals surface area contributed by atoms with Gasteiger partial charge < -0.3 is 80.3 Å². The maximum atomic E-state index is 6.53. The molecule has 8 aliphatic carbocycles. The van der Waals surface area contributed by atoms with Crippen LogP contribution in [0.2, 0.25) is 0 Å². The standard InChI is InChI=1S/C21H42N2.C10H22N2.2C7H16N2.C7H15N.2C6H14N2.C2H7N/c1-5-16-10-14(11-17(6-2)20(16)22)9-15-12-18(7-3)21(23)19(8-4)13-15;1-9(2)4-8(12)5-10(3,6-9)7-11;1-5-2-3-6(8)4-7(5)9;1-5-6(8)3-2-4-7(5)9;8-6-7-4-2-1-3-5-7;7-5-1-2-6(8)4-3-5;7-5-2-1-3-6(8)4-5;1-2-3/h14-21H,5-13,22-23H2,1-4H3;8H,4-7,11-12H2,1-3H3;2*5-7H,2-4,8-9H2,1H3;7H,1-6,8H2;2*5-6H,1-4,7-8H2;2-3H2,1H3. The Balaban J connectivity index is 0.000000484. The lowest BCUT2D eigenvalue weighted by Crippen LogP contribution is -2.45. The molecule has 80 heavy (non-hydrogen) atoms. The molecule has 13 atom stereocenters. The molecule has 8 saturated carbocycles. The van der Waals surface area contributed by atoms with E-state index in [0.717, 1.165) is 132 Å². The van der Waals surface area contributed by atoms with Crippen LogP contribution in [0.1, 0.15) is 268 Å². The molecule has 0 saturated heterocycles. The summed E-state index contributed by atoms with van der Waals surface area (Å²) in [5, 5.41) is 0. The molecule has 0 spiro atoms. The molecule has 0 bridgehead atoms. The summed E-state index contributed by atoms with van der Waals surface area (Å²) in [5.74, 6) is 6.94. The molecular weight excluding hydrogens is 989 g/mol. The van der Waals surface area contributed by atoms with Crippen LogP contribution < -0.4 is 80.3 Å². The van der Waals surface area contributed by atoms with Crippen molar-refractivity contribution in [2.75, 3.05) is 19.6 Å². The minimum atomic E-state index is 0.279. The van der Waals surface area contributed by atoms with Gasteiger partial charge in [-0.1, -0.05) is 127 Å². The van der Waals surface area contributed by atoms with Gasteiger partial charge in [-0.2, -0.15) is 0 Å². The summed E-state index contributed by atoms with van der Waals surface area (Å²) in [6, 6.07) is 4.34. The fourth-order valence-corrected chi connectivity index (χ4v) is 15.4. The van der Waals surface area contributed by atoms with Gasteiger partial charge in [-0.15, -0.1) is 0 Å². The number of nitrogens with two attached hydrogens (primary N) is 14. The molecule has 0 heterocycles. The summed E-state index contributed by atoms with van der Waals surface area (Å²) in [4.78, 5) is 0. The maximum Gasteiger partial charge on any atom is 0.00956 e. The Bertz CT molecular complexity index is 1370. The molecule has 0 aromatic heterocycles. The zero-order valence-corrected chi connectivity index (χ0v) is 54.7. The van der Waals surface area contributed by atoms with E-state index in [1.165, 1.54) is 128 Å². The largest absolute Gasteiger partial charge is 0.331 e. The summed E-state index contributed by atoms with van der Waals surface area (Å²) < 4.78 is 0. The van der Waals surface area contributed by atoms with Crippen LogP contribution in [-0.4, -0.2) is 86.1 Å². The van der Waals surface area contributed by atoms with Crippen LogP contribution in [0.15, 0.2) is 0 Å². The van der Waals surface area contributed by atoms with E-state index in [4.69, 9.17) is 80.3 Å². The second-order valence-corrected chi connectivity index (χ2v) is 29.1. The van der Waals surface area contributed by atoms with E-state index in [9.17, 15) is 0 Å². The lowest BCUT2D eigenvalue weighted by molar-refractivity contribution is 0.0904. The van der Waals surface area contributed by atoms with Gasteiger partial charge in [-0.25, -0.2) is 0 Å². The fourth-order valence-electron chi connectivity index (χ4n) is 15.4. The number of hydrogen-bond donors (Lipinski definition) is 14. The van der Waals surface area contributed by atoms with Crippen molar-refractivity contribution in [1.29, 1.82) is 0 Å². The molecule has 480 valence electrons. The van der Waals surface area contributed by atoms with Crippen molar-refractivity contribution < 1.29 is 0 Å². The summed E-state index contributed by atoms with van der Waals surface area (Å²) in [5.41, 5.74) is 81.5. The summed E-state index contributed by atoms with van der Waals surface area (Å²) in [6.07, 6.45) is 38.5. The second-order valence-electron chi connectivity index (χ2n) is 29.1. The third-order valence-electron chi connectivity index (χ3n) is 20.8. The van der Waals surface area contributed by atoms with E-state index in [1.807, 2.05) is 6.92 Å². The molecule has 0 aromatic rings. The van der Waals surface area contributed by atoms with Gasteiger partial charge in [0.1, 0.15) is 0 Å².